The van der Waals surface area contributed by atoms with Gasteiger partial charge in [0.05, 0.1) is 6.20 Å². The summed E-state index contributed by atoms with van der Waals surface area (Å²) in [5.41, 5.74) is 1.29. The molecular formula is C10H16N2O. The minimum absolute atomic E-state index is 0.187. The van der Waals surface area contributed by atoms with Crippen LogP contribution in [0.4, 0.5) is 0 Å². The molecule has 0 spiro atoms. The zero-order chi connectivity index (χ0) is 9.26. The Labute approximate surface area is 78.7 Å². The second-order valence-electron chi connectivity index (χ2n) is 3.88. The van der Waals surface area contributed by atoms with Crippen LogP contribution in [0.3, 0.4) is 0 Å². The molecule has 1 saturated heterocycles. The van der Waals surface area contributed by atoms with Gasteiger partial charge in [0.2, 0.25) is 0 Å². The van der Waals surface area contributed by atoms with Crippen LogP contribution in [-0.2, 0) is 4.74 Å². The monoisotopic (exact) mass is 180 g/mol. The van der Waals surface area contributed by atoms with E-state index in [4.69, 9.17) is 4.74 Å². The number of rotatable bonds is 2. The molecule has 0 saturated carbocycles. The largest absolute Gasteiger partial charge is 0.357 e. The van der Waals surface area contributed by atoms with Gasteiger partial charge in [-0.25, -0.2) is 4.68 Å². The molecule has 1 aliphatic heterocycles. The Bertz CT molecular complexity index is 274. The number of hydrogen-bond donors (Lipinski definition) is 0. The van der Waals surface area contributed by atoms with Gasteiger partial charge in [0.25, 0.3) is 0 Å². The predicted octanol–water partition coefficient (Wildman–Crippen LogP) is 2.32. The van der Waals surface area contributed by atoms with Gasteiger partial charge in [-0.1, -0.05) is 13.8 Å². The van der Waals surface area contributed by atoms with Crippen molar-refractivity contribution in [3.8, 4) is 0 Å². The fourth-order valence-corrected chi connectivity index (χ4v) is 1.58. The Kier molecular flexibility index (Phi) is 2.36. The fourth-order valence-electron chi connectivity index (χ4n) is 1.58. The van der Waals surface area contributed by atoms with Gasteiger partial charge >= 0.3 is 0 Å². The van der Waals surface area contributed by atoms with Crippen LogP contribution in [0.25, 0.3) is 0 Å². The average molecular weight is 180 g/mol. The second-order valence-corrected chi connectivity index (χ2v) is 3.88. The summed E-state index contributed by atoms with van der Waals surface area (Å²) in [6.07, 6.45) is 6.47. The van der Waals surface area contributed by atoms with Crippen molar-refractivity contribution in [3.63, 3.8) is 0 Å². The topological polar surface area (TPSA) is 27.1 Å². The molecule has 13 heavy (non-hydrogen) atoms. The zero-order valence-electron chi connectivity index (χ0n) is 8.23. The SMILES string of the molecule is CC(C)c1cnn(C2CCCO2)c1. The molecular weight excluding hydrogens is 164 g/mol. The molecule has 72 valence electrons. The number of aromatic nitrogens is 2. The molecule has 0 bridgehead atoms. The lowest BCUT2D eigenvalue weighted by Gasteiger charge is -2.08. The average Bonchev–Trinajstić information content (AvgIpc) is 2.75. The van der Waals surface area contributed by atoms with Crippen LogP contribution in [0.15, 0.2) is 12.4 Å². The molecule has 1 atom stereocenters. The lowest BCUT2D eigenvalue weighted by molar-refractivity contribution is 0.0467. The van der Waals surface area contributed by atoms with E-state index in [9.17, 15) is 0 Å². The summed E-state index contributed by atoms with van der Waals surface area (Å²) >= 11 is 0. The maximum atomic E-state index is 5.53. The zero-order valence-corrected chi connectivity index (χ0v) is 8.23. The van der Waals surface area contributed by atoms with Gasteiger partial charge in [-0.3, -0.25) is 0 Å². The van der Waals surface area contributed by atoms with Gasteiger partial charge in [-0.15, -0.1) is 0 Å². The summed E-state index contributed by atoms with van der Waals surface area (Å²) in [4.78, 5) is 0. The van der Waals surface area contributed by atoms with Crippen molar-refractivity contribution in [2.24, 2.45) is 0 Å². The Morgan fingerprint density at radius 3 is 3.00 bits per heavy atom. The van der Waals surface area contributed by atoms with Crippen molar-refractivity contribution in [1.82, 2.24) is 9.78 Å². The highest BCUT2D eigenvalue weighted by atomic mass is 16.5. The number of hydrogen-bond acceptors (Lipinski definition) is 2. The van der Waals surface area contributed by atoms with Crippen molar-refractivity contribution >= 4 is 0 Å². The Balaban J connectivity index is 2.12. The van der Waals surface area contributed by atoms with E-state index < -0.39 is 0 Å². The maximum absolute atomic E-state index is 5.53. The predicted molar refractivity (Wildman–Crippen MR) is 50.5 cm³/mol. The maximum Gasteiger partial charge on any atom is 0.150 e. The molecule has 3 heteroatoms. The molecule has 1 unspecified atom stereocenters. The van der Waals surface area contributed by atoms with E-state index in [-0.39, 0.29) is 6.23 Å². The van der Waals surface area contributed by atoms with Crippen molar-refractivity contribution in [2.45, 2.75) is 38.8 Å². The summed E-state index contributed by atoms with van der Waals surface area (Å²) in [6, 6.07) is 0. The fraction of sp³-hybridized carbons (Fsp3) is 0.700. The molecule has 0 amide bonds. The molecule has 0 N–H and O–H groups in total. The Morgan fingerprint density at radius 2 is 2.46 bits per heavy atom. The molecule has 1 fully saturated rings. The first-order valence-corrected chi connectivity index (χ1v) is 4.93. The quantitative estimate of drug-likeness (QED) is 0.698. The van der Waals surface area contributed by atoms with Crippen LogP contribution in [0, 0.1) is 0 Å². The summed E-state index contributed by atoms with van der Waals surface area (Å²) in [5, 5.41) is 4.31. The second kappa shape index (κ2) is 3.50. The van der Waals surface area contributed by atoms with E-state index in [0.29, 0.717) is 5.92 Å². The van der Waals surface area contributed by atoms with Gasteiger partial charge < -0.3 is 4.74 Å². The Morgan fingerprint density at radius 1 is 1.62 bits per heavy atom. The molecule has 3 nitrogen and oxygen atoms in total. The molecule has 2 heterocycles. The summed E-state index contributed by atoms with van der Waals surface area (Å²) in [6.45, 7) is 5.23. The van der Waals surface area contributed by atoms with Crippen molar-refractivity contribution < 1.29 is 4.74 Å². The van der Waals surface area contributed by atoms with E-state index in [2.05, 4.69) is 25.1 Å². The van der Waals surface area contributed by atoms with E-state index in [1.54, 1.807) is 0 Å². The first-order chi connectivity index (χ1) is 6.27. The highest BCUT2D eigenvalue weighted by molar-refractivity contribution is 5.08. The Hall–Kier alpha value is -0.830. The van der Waals surface area contributed by atoms with Gasteiger partial charge in [-0.2, -0.15) is 5.10 Å². The van der Waals surface area contributed by atoms with E-state index in [0.717, 1.165) is 19.4 Å². The first-order valence-electron chi connectivity index (χ1n) is 4.93. The number of ether oxygens (including phenoxy) is 1. The summed E-state index contributed by atoms with van der Waals surface area (Å²) < 4.78 is 7.48. The van der Waals surface area contributed by atoms with E-state index in [1.807, 2.05) is 10.9 Å². The minimum Gasteiger partial charge on any atom is -0.357 e. The molecule has 0 aliphatic carbocycles. The lowest BCUT2D eigenvalue weighted by atomic mass is 10.1. The first kappa shape index (κ1) is 8.75. The van der Waals surface area contributed by atoms with E-state index >= 15 is 0 Å². The van der Waals surface area contributed by atoms with Crippen LogP contribution < -0.4 is 0 Å². The van der Waals surface area contributed by atoms with Crippen molar-refractivity contribution in [3.05, 3.63) is 18.0 Å². The van der Waals surface area contributed by atoms with Crippen LogP contribution >= 0.6 is 0 Å². The third-order valence-electron chi connectivity index (χ3n) is 2.49. The van der Waals surface area contributed by atoms with Crippen LogP contribution in [0.5, 0.6) is 0 Å². The van der Waals surface area contributed by atoms with Crippen molar-refractivity contribution in [2.75, 3.05) is 6.61 Å². The third-order valence-corrected chi connectivity index (χ3v) is 2.49. The van der Waals surface area contributed by atoms with Gasteiger partial charge in [0, 0.05) is 12.8 Å². The van der Waals surface area contributed by atoms with Crippen LogP contribution in [0.2, 0.25) is 0 Å². The number of nitrogens with zero attached hydrogens (tertiary/aromatic N) is 2. The highest BCUT2D eigenvalue weighted by Gasteiger charge is 2.18. The summed E-state index contributed by atoms with van der Waals surface area (Å²) in [7, 11) is 0. The van der Waals surface area contributed by atoms with Crippen LogP contribution in [0.1, 0.15) is 44.4 Å². The highest BCUT2D eigenvalue weighted by Crippen LogP contribution is 2.23. The summed E-state index contributed by atoms with van der Waals surface area (Å²) in [5.74, 6) is 0.551. The lowest BCUT2D eigenvalue weighted by Crippen LogP contribution is -2.07. The van der Waals surface area contributed by atoms with Crippen LogP contribution in [-0.4, -0.2) is 16.4 Å². The normalized spacial score (nSPS) is 22.8. The molecule has 0 aromatic carbocycles. The van der Waals surface area contributed by atoms with Gasteiger partial charge in [0.15, 0.2) is 0 Å². The van der Waals surface area contributed by atoms with E-state index in [1.165, 1.54) is 5.56 Å². The van der Waals surface area contributed by atoms with Gasteiger partial charge in [0.1, 0.15) is 6.23 Å². The molecule has 1 aliphatic rings. The third kappa shape index (κ3) is 1.75. The molecule has 1 aromatic rings. The molecule has 1 aromatic heterocycles. The molecule has 0 radical (unpaired) electrons. The van der Waals surface area contributed by atoms with Gasteiger partial charge in [-0.05, 0) is 24.3 Å². The standard InChI is InChI=1S/C10H16N2O/c1-8(2)9-6-11-12(7-9)10-4-3-5-13-10/h6-8,10H,3-5H2,1-2H3. The molecule has 2 rings (SSSR count). The van der Waals surface area contributed by atoms with Crippen molar-refractivity contribution in [1.29, 1.82) is 0 Å². The minimum atomic E-state index is 0.187. The smallest absolute Gasteiger partial charge is 0.150 e.